The van der Waals surface area contributed by atoms with Gasteiger partial charge in [-0.2, -0.15) is 0 Å². The van der Waals surface area contributed by atoms with E-state index in [2.05, 4.69) is 9.88 Å². The number of pyridine rings is 1. The molecule has 1 spiro atoms. The number of rotatable bonds is 2. The molecule has 2 aliphatic heterocycles. The van der Waals surface area contributed by atoms with E-state index >= 15 is 0 Å². The second-order valence-electron chi connectivity index (χ2n) is 5.82. The number of nitrogens with zero attached hydrogens (tertiary/aromatic N) is 2. The number of carboxylic acid groups (broad SMARTS) is 1. The maximum absolute atomic E-state index is 11.0. The van der Waals surface area contributed by atoms with Crippen LogP contribution in [0.3, 0.4) is 0 Å². The molecule has 5 nitrogen and oxygen atoms in total. The summed E-state index contributed by atoms with van der Waals surface area (Å²) in [5.41, 5.74) is 0.450. The van der Waals surface area contributed by atoms with E-state index < -0.39 is 5.97 Å². The highest BCUT2D eigenvalue weighted by molar-refractivity contribution is 5.85. The third-order valence-corrected chi connectivity index (χ3v) is 4.49. The molecule has 0 atom stereocenters. The number of hydrogen-bond acceptors (Lipinski definition) is 4. The molecule has 0 unspecified atom stereocenters. The smallest absolute Gasteiger partial charge is 0.354 e. The number of hydrogen-bond donors (Lipinski definition) is 1. The lowest BCUT2D eigenvalue weighted by Gasteiger charge is -2.45. The second kappa shape index (κ2) is 5.40. The van der Waals surface area contributed by atoms with Gasteiger partial charge in [0.1, 0.15) is 5.82 Å². The molecule has 108 valence electrons. The molecule has 2 aliphatic rings. The van der Waals surface area contributed by atoms with Gasteiger partial charge < -0.3 is 14.7 Å². The van der Waals surface area contributed by atoms with E-state index in [0.717, 1.165) is 51.4 Å². The van der Waals surface area contributed by atoms with Crippen LogP contribution in [0.4, 0.5) is 5.82 Å². The summed E-state index contributed by atoms with van der Waals surface area (Å²) in [4.78, 5) is 17.5. The number of aromatic carboxylic acids is 1. The van der Waals surface area contributed by atoms with Crippen LogP contribution in [0.1, 0.15) is 36.2 Å². The largest absolute Gasteiger partial charge is 0.477 e. The van der Waals surface area contributed by atoms with Crippen molar-refractivity contribution in [2.45, 2.75) is 25.7 Å². The quantitative estimate of drug-likeness (QED) is 0.897. The lowest BCUT2D eigenvalue weighted by Crippen LogP contribution is -2.46. The fraction of sp³-hybridized carbons (Fsp3) is 0.600. The summed E-state index contributed by atoms with van der Waals surface area (Å²) in [7, 11) is 0. The fourth-order valence-corrected chi connectivity index (χ4v) is 3.33. The van der Waals surface area contributed by atoms with E-state index in [4.69, 9.17) is 9.84 Å². The molecule has 3 heterocycles. The Morgan fingerprint density at radius 3 is 2.85 bits per heavy atom. The lowest BCUT2D eigenvalue weighted by atomic mass is 9.74. The van der Waals surface area contributed by atoms with Crippen LogP contribution in [0.15, 0.2) is 18.2 Å². The maximum atomic E-state index is 11.0. The predicted molar refractivity (Wildman–Crippen MR) is 75.1 cm³/mol. The number of carboxylic acids is 1. The highest BCUT2D eigenvalue weighted by Gasteiger charge is 2.37. The average molecular weight is 276 g/mol. The van der Waals surface area contributed by atoms with Crippen molar-refractivity contribution >= 4 is 11.8 Å². The number of anilines is 1. The van der Waals surface area contributed by atoms with Crippen LogP contribution in [0.2, 0.25) is 0 Å². The summed E-state index contributed by atoms with van der Waals surface area (Å²) < 4.78 is 5.48. The Morgan fingerprint density at radius 1 is 1.30 bits per heavy atom. The molecule has 0 aliphatic carbocycles. The Morgan fingerprint density at radius 2 is 2.10 bits per heavy atom. The molecule has 0 aromatic carbocycles. The van der Waals surface area contributed by atoms with Crippen molar-refractivity contribution in [2.24, 2.45) is 5.41 Å². The second-order valence-corrected chi connectivity index (χ2v) is 5.82. The first-order valence-electron chi connectivity index (χ1n) is 7.22. The van der Waals surface area contributed by atoms with Gasteiger partial charge in [-0.1, -0.05) is 6.07 Å². The van der Waals surface area contributed by atoms with Gasteiger partial charge in [0.25, 0.3) is 0 Å². The molecule has 0 saturated carbocycles. The molecule has 1 aromatic rings. The van der Waals surface area contributed by atoms with E-state index in [1.54, 1.807) is 12.1 Å². The van der Waals surface area contributed by atoms with Gasteiger partial charge in [0.2, 0.25) is 0 Å². The number of aromatic nitrogens is 1. The Bertz CT molecular complexity index is 492. The molecule has 1 N–H and O–H groups in total. The molecular weight excluding hydrogens is 256 g/mol. The van der Waals surface area contributed by atoms with Gasteiger partial charge in [0.05, 0.1) is 0 Å². The monoisotopic (exact) mass is 276 g/mol. The van der Waals surface area contributed by atoms with Crippen LogP contribution < -0.4 is 4.90 Å². The van der Waals surface area contributed by atoms with Crippen molar-refractivity contribution in [2.75, 3.05) is 31.2 Å². The molecule has 0 amide bonds. The first-order chi connectivity index (χ1) is 9.69. The van der Waals surface area contributed by atoms with Crippen molar-refractivity contribution in [3.63, 3.8) is 0 Å². The van der Waals surface area contributed by atoms with Crippen molar-refractivity contribution in [1.82, 2.24) is 4.98 Å². The minimum Gasteiger partial charge on any atom is -0.477 e. The molecule has 1 aromatic heterocycles. The molecular formula is C15H20N2O3. The summed E-state index contributed by atoms with van der Waals surface area (Å²) in [6.45, 7) is 3.61. The number of carbonyl (C=O) groups is 1. The van der Waals surface area contributed by atoms with Gasteiger partial charge in [-0.3, -0.25) is 0 Å². The zero-order valence-electron chi connectivity index (χ0n) is 11.5. The molecule has 2 saturated heterocycles. The standard InChI is InChI=1S/C15H20N2O3/c18-14(19)12-3-1-4-13(16-12)17-8-2-5-15(11-17)6-9-20-10-7-15/h1,3-4H,2,5-11H2,(H,18,19). The van der Waals surface area contributed by atoms with Crippen LogP contribution in [-0.4, -0.2) is 42.4 Å². The lowest BCUT2D eigenvalue weighted by molar-refractivity contribution is 0.00746. The van der Waals surface area contributed by atoms with Gasteiger partial charge in [0.15, 0.2) is 5.69 Å². The molecule has 0 bridgehead atoms. The van der Waals surface area contributed by atoms with Crippen LogP contribution in [0.25, 0.3) is 0 Å². The zero-order valence-corrected chi connectivity index (χ0v) is 11.5. The fourth-order valence-electron chi connectivity index (χ4n) is 3.33. The topological polar surface area (TPSA) is 62.7 Å². The van der Waals surface area contributed by atoms with Gasteiger partial charge >= 0.3 is 5.97 Å². The molecule has 5 heteroatoms. The first kappa shape index (κ1) is 13.4. The molecule has 0 radical (unpaired) electrons. The van der Waals surface area contributed by atoms with Gasteiger partial charge in [-0.15, -0.1) is 0 Å². The maximum Gasteiger partial charge on any atom is 0.354 e. The van der Waals surface area contributed by atoms with Crippen molar-refractivity contribution in [3.05, 3.63) is 23.9 Å². The zero-order chi connectivity index (χ0) is 14.0. The van der Waals surface area contributed by atoms with Gasteiger partial charge in [-0.05, 0) is 43.2 Å². The molecule has 3 rings (SSSR count). The predicted octanol–water partition coefficient (Wildman–Crippen LogP) is 2.18. The summed E-state index contributed by atoms with van der Waals surface area (Å²) in [5, 5.41) is 9.05. The Labute approximate surface area is 118 Å². The normalized spacial score (nSPS) is 21.9. The third-order valence-electron chi connectivity index (χ3n) is 4.49. The highest BCUT2D eigenvalue weighted by atomic mass is 16.5. The SMILES string of the molecule is O=C(O)c1cccc(N2CCCC3(CCOCC3)C2)n1. The average Bonchev–Trinajstić information content (AvgIpc) is 2.48. The summed E-state index contributed by atoms with van der Waals surface area (Å²) in [6.07, 6.45) is 4.58. The van der Waals surface area contributed by atoms with E-state index in [-0.39, 0.29) is 5.69 Å². The Kier molecular flexibility index (Phi) is 3.61. The number of piperidine rings is 1. The van der Waals surface area contributed by atoms with Crippen LogP contribution in [0.5, 0.6) is 0 Å². The Balaban J connectivity index is 1.79. The van der Waals surface area contributed by atoms with E-state index in [0.29, 0.717) is 5.41 Å². The van der Waals surface area contributed by atoms with Gasteiger partial charge in [0, 0.05) is 26.3 Å². The summed E-state index contributed by atoms with van der Waals surface area (Å²) in [6, 6.07) is 5.22. The minimum atomic E-state index is -0.968. The van der Waals surface area contributed by atoms with Crippen LogP contribution >= 0.6 is 0 Å². The Hall–Kier alpha value is -1.62. The van der Waals surface area contributed by atoms with Crippen LogP contribution in [0, 0.1) is 5.41 Å². The minimum absolute atomic E-state index is 0.120. The summed E-state index contributed by atoms with van der Waals surface area (Å²) >= 11 is 0. The summed E-state index contributed by atoms with van der Waals surface area (Å²) in [5.74, 6) is -0.180. The number of ether oxygens (including phenoxy) is 1. The van der Waals surface area contributed by atoms with Crippen molar-refractivity contribution < 1.29 is 14.6 Å². The van der Waals surface area contributed by atoms with Gasteiger partial charge in [-0.25, -0.2) is 9.78 Å². The third kappa shape index (κ3) is 2.63. The van der Waals surface area contributed by atoms with Crippen LogP contribution in [-0.2, 0) is 4.74 Å². The van der Waals surface area contributed by atoms with E-state index in [1.807, 2.05) is 6.07 Å². The molecule has 2 fully saturated rings. The van der Waals surface area contributed by atoms with E-state index in [9.17, 15) is 4.79 Å². The first-order valence-corrected chi connectivity index (χ1v) is 7.22. The highest BCUT2D eigenvalue weighted by Crippen LogP contribution is 2.40. The van der Waals surface area contributed by atoms with E-state index in [1.165, 1.54) is 6.42 Å². The van der Waals surface area contributed by atoms with Crippen molar-refractivity contribution in [3.8, 4) is 0 Å². The van der Waals surface area contributed by atoms with Crippen molar-refractivity contribution in [1.29, 1.82) is 0 Å². The molecule has 20 heavy (non-hydrogen) atoms.